The molecule has 104 valence electrons. The first-order valence-electron chi connectivity index (χ1n) is 5.53. The van der Waals surface area contributed by atoms with Crippen LogP contribution in [0.15, 0.2) is 28.7 Å². The second-order valence-electron chi connectivity index (χ2n) is 4.01. The van der Waals surface area contributed by atoms with Gasteiger partial charge in [-0.15, -0.1) is 0 Å². The van der Waals surface area contributed by atoms with Crippen LogP contribution in [0.4, 0.5) is 4.79 Å². The number of carboxylic acids is 1. The summed E-state index contributed by atoms with van der Waals surface area (Å²) in [6.45, 7) is -0.302. The Morgan fingerprint density at radius 3 is 2.42 bits per heavy atom. The monoisotopic (exact) mass is 330 g/mol. The number of carbonyl (C=O) groups excluding carboxylic acids is 1. The molecule has 0 saturated carbocycles. The molecule has 0 fully saturated rings. The SMILES string of the molecule is CN(Cc1ccc(Br)cc1)C(=O)N[C@@H](CO)C(=O)O. The smallest absolute Gasteiger partial charge is 0.328 e. The molecule has 0 bridgehead atoms. The van der Waals surface area contributed by atoms with E-state index in [1.165, 1.54) is 4.90 Å². The highest BCUT2D eigenvalue weighted by atomic mass is 79.9. The average molecular weight is 331 g/mol. The molecule has 3 N–H and O–H groups in total. The lowest BCUT2D eigenvalue weighted by molar-refractivity contribution is -0.140. The number of amides is 2. The topological polar surface area (TPSA) is 89.9 Å². The van der Waals surface area contributed by atoms with E-state index in [-0.39, 0.29) is 0 Å². The molecular formula is C12H15BrN2O4. The van der Waals surface area contributed by atoms with E-state index in [1.807, 2.05) is 24.3 Å². The first-order chi connectivity index (χ1) is 8.93. The van der Waals surface area contributed by atoms with Crippen molar-refractivity contribution in [1.82, 2.24) is 10.2 Å². The maximum atomic E-state index is 11.7. The van der Waals surface area contributed by atoms with Gasteiger partial charge in [0, 0.05) is 18.1 Å². The fourth-order valence-corrected chi connectivity index (χ4v) is 1.64. The first kappa shape index (κ1) is 15.5. The molecular weight excluding hydrogens is 316 g/mol. The van der Waals surface area contributed by atoms with Gasteiger partial charge in [0.1, 0.15) is 0 Å². The highest BCUT2D eigenvalue weighted by Crippen LogP contribution is 2.11. The lowest BCUT2D eigenvalue weighted by Crippen LogP contribution is -2.48. The molecule has 6 nitrogen and oxygen atoms in total. The number of benzene rings is 1. The number of aliphatic hydroxyl groups is 1. The summed E-state index contributed by atoms with van der Waals surface area (Å²) in [5.41, 5.74) is 0.914. The number of nitrogens with zero attached hydrogens (tertiary/aromatic N) is 1. The predicted molar refractivity (Wildman–Crippen MR) is 72.7 cm³/mol. The maximum absolute atomic E-state index is 11.7. The molecule has 0 aliphatic rings. The molecule has 2 amide bonds. The van der Waals surface area contributed by atoms with Crippen molar-refractivity contribution in [3.8, 4) is 0 Å². The molecule has 1 rings (SSSR count). The van der Waals surface area contributed by atoms with Crippen molar-refractivity contribution in [2.45, 2.75) is 12.6 Å². The number of aliphatic hydroxyl groups excluding tert-OH is 1. The zero-order valence-electron chi connectivity index (χ0n) is 10.3. The molecule has 0 saturated heterocycles. The fraction of sp³-hybridized carbons (Fsp3) is 0.333. The van der Waals surface area contributed by atoms with Crippen LogP contribution in [0.2, 0.25) is 0 Å². The van der Waals surface area contributed by atoms with E-state index in [9.17, 15) is 9.59 Å². The van der Waals surface area contributed by atoms with Crippen LogP contribution in [0.3, 0.4) is 0 Å². The third-order valence-corrected chi connectivity index (χ3v) is 2.99. The maximum Gasteiger partial charge on any atom is 0.328 e. The summed E-state index contributed by atoms with van der Waals surface area (Å²) in [6, 6.07) is 5.58. The van der Waals surface area contributed by atoms with Crippen LogP contribution in [0, 0.1) is 0 Å². The van der Waals surface area contributed by atoms with Gasteiger partial charge >= 0.3 is 12.0 Å². The van der Waals surface area contributed by atoms with Crippen LogP contribution >= 0.6 is 15.9 Å². The number of aliphatic carboxylic acids is 1. The van der Waals surface area contributed by atoms with Gasteiger partial charge < -0.3 is 20.4 Å². The first-order valence-corrected chi connectivity index (χ1v) is 6.33. The van der Waals surface area contributed by atoms with E-state index < -0.39 is 24.6 Å². The molecule has 19 heavy (non-hydrogen) atoms. The minimum absolute atomic E-state index is 0.344. The van der Waals surface area contributed by atoms with Crippen LogP contribution in [0.5, 0.6) is 0 Å². The summed E-state index contributed by atoms with van der Waals surface area (Å²) in [5.74, 6) is -1.27. The zero-order valence-corrected chi connectivity index (χ0v) is 11.9. The summed E-state index contributed by atoms with van der Waals surface area (Å²) >= 11 is 3.31. The van der Waals surface area contributed by atoms with Crippen LogP contribution in [0.1, 0.15) is 5.56 Å². The third-order valence-electron chi connectivity index (χ3n) is 2.46. The van der Waals surface area contributed by atoms with Gasteiger partial charge in [-0.1, -0.05) is 28.1 Å². The number of hydrogen-bond donors (Lipinski definition) is 3. The molecule has 0 aliphatic carbocycles. The zero-order chi connectivity index (χ0) is 14.4. The highest BCUT2D eigenvalue weighted by Gasteiger charge is 2.20. The number of rotatable bonds is 5. The van der Waals surface area contributed by atoms with Gasteiger partial charge in [0.2, 0.25) is 0 Å². The van der Waals surface area contributed by atoms with Gasteiger partial charge in [-0.2, -0.15) is 0 Å². The Balaban J connectivity index is 2.57. The van der Waals surface area contributed by atoms with Gasteiger partial charge in [0.15, 0.2) is 6.04 Å². The van der Waals surface area contributed by atoms with Crippen LogP contribution < -0.4 is 5.32 Å². The minimum atomic E-state index is -1.29. The normalized spacial score (nSPS) is 11.7. The third kappa shape index (κ3) is 4.88. The Morgan fingerprint density at radius 2 is 1.95 bits per heavy atom. The van der Waals surface area contributed by atoms with Gasteiger partial charge in [-0.3, -0.25) is 0 Å². The molecule has 1 aromatic rings. The lowest BCUT2D eigenvalue weighted by atomic mass is 10.2. The summed E-state index contributed by atoms with van der Waals surface area (Å²) < 4.78 is 0.939. The van der Waals surface area contributed by atoms with Crippen LogP contribution in [-0.4, -0.2) is 46.8 Å². The van der Waals surface area contributed by atoms with E-state index in [0.717, 1.165) is 10.0 Å². The number of halogens is 1. The summed E-state index contributed by atoms with van der Waals surface area (Å²) in [6.07, 6.45) is 0. The lowest BCUT2D eigenvalue weighted by Gasteiger charge is -2.20. The fourth-order valence-electron chi connectivity index (χ4n) is 1.38. The van der Waals surface area contributed by atoms with Crippen molar-refractivity contribution in [1.29, 1.82) is 0 Å². The van der Waals surface area contributed by atoms with E-state index in [2.05, 4.69) is 21.2 Å². The predicted octanol–water partition coefficient (Wildman–Crippen LogP) is 1.04. The van der Waals surface area contributed by atoms with Crippen LogP contribution in [0.25, 0.3) is 0 Å². The number of hydrogen-bond acceptors (Lipinski definition) is 3. The number of carbonyl (C=O) groups is 2. The molecule has 1 aromatic carbocycles. The minimum Gasteiger partial charge on any atom is -0.480 e. The number of urea groups is 1. The molecule has 1 atom stereocenters. The van der Waals surface area contributed by atoms with Crippen molar-refractivity contribution in [2.75, 3.05) is 13.7 Å². The molecule has 0 heterocycles. The molecule has 0 aromatic heterocycles. The van der Waals surface area contributed by atoms with Gasteiger partial charge in [0.05, 0.1) is 6.61 Å². The summed E-state index contributed by atoms with van der Waals surface area (Å²) in [5, 5.41) is 19.8. The van der Waals surface area contributed by atoms with Crippen molar-refractivity contribution in [2.24, 2.45) is 0 Å². The Labute approximate surface area is 119 Å². The van der Waals surface area contributed by atoms with Gasteiger partial charge in [-0.05, 0) is 17.7 Å². The van der Waals surface area contributed by atoms with Crippen molar-refractivity contribution in [3.63, 3.8) is 0 Å². The van der Waals surface area contributed by atoms with Crippen molar-refractivity contribution < 1.29 is 19.8 Å². The Kier molecular flexibility index (Phi) is 5.78. The standard InChI is InChI=1S/C12H15BrN2O4/c1-15(6-8-2-4-9(13)5-3-8)12(19)14-10(7-16)11(17)18/h2-5,10,16H,6-7H2,1H3,(H,14,19)(H,17,18)/t10-/m0/s1. The quantitative estimate of drug-likeness (QED) is 0.752. The Morgan fingerprint density at radius 1 is 1.37 bits per heavy atom. The Hall–Kier alpha value is -1.60. The van der Waals surface area contributed by atoms with E-state index in [1.54, 1.807) is 7.05 Å². The van der Waals surface area contributed by atoms with Gasteiger partial charge in [0.25, 0.3) is 0 Å². The van der Waals surface area contributed by atoms with E-state index in [4.69, 9.17) is 10.2 Å². The molecule has 0 unspecified atom stereocenters. The van der Waals surface area contributed by atoms with E-state index >= 15 is 0 Å². The molecule has 0 spiro atoms. The van der Waals surface area contributed by atoms with Crippen molar-refractivity contribution in [3.05, 3.63) is 34.3 Å². The summed E-state index contributed by atoms with van der Waals surface area (Å²) in [7, 11) is 1.55. The Bertz CT molecular complexity index is 450. The number of nitrogens with one attached hydrogen (secondary N) is 1. The second kappa shape index (κ2) is 7.10. The summed E-state index contributed by atoms with van der Waals surface area (Å²) in [4.78, 5) is 23.7. The second-order valence-corrected chi connectivity index (χ2v) is 4.92. The largest absolute Gasteiger partial charge is 0.480 e. The van der Waals surface area contributed by atoms with E-state index in [0.29, 0.717) is 6.54 Å². The van der Waals surface area contributed by atoms with Crippen LogP contribution in [-0.2, 0) is 11.3 Å². The average Bonchev–Trinajstić information content (AvgIpc) is 2.37. The highest BCUT2D eigenvalue weighted by molar-refractivity contribution is 9.10. The van der Waals surface area contributed by atoms with Crippen molar-refractivity contribution >= 4 is 27.9 Å². The molecule has 0 radical (unpaired) electrons. The molecule has 0 aliphatic heterocycles. The van der Waals surface area contributed by atoms with Gasteiger partial charge in [-0.25, -0.2) is 9.59 Å². The number of carboxylic acid groups (broad SMARTS) is 1. The molecule has 7 heteroatoms.